The fourth-order valence-electron chi connectivity index (χ4n) is 1.91. The van der Waals surface area contributed by atoms with E-state index in [9.17, 15) is 9.59 Å². The first-order valence-electron chi connectivity index (χ1n) is 7.18. The molecule has 1 aromatic rings. The smallest absolute Gasteiger partial charge is 0.315 e. The van der Waals surface area contributed by atoms with Crippen molar-refractivity contribution >= 4 is 12.0 Å². The van der Waals surface area contributed by atoms with Crippen molar-refractivity contribution in [2.75, 3.05) is 0 Å². The summed E-state index contributed by atoms with van der Waals surface area (Å²) in [5, 5.41) is 14.3. The first kappa shape index (κ1) is 17.0. The van der Waals surface area contributed by atoms with Crippen LogP contribution in [0.15, 0.2) is 24.3 Å². The molecule has 21 heavy (non-hydrogen) atoms. The molecule has 0 bridgehead atoms. The summed E-state index contributed by atoms with van der Waals surface area (Å²) in [5.41, 5.74) is 1.75. The van der Waals surface area contributed by atoms with Crippen molar-refractivity contribution in [3.8, 4) is 0 Å². The number of aryl methyl sites for hydroxylation is 1. The van der Waals surface area contributed by atoms with E-state index in [0.29, 0.717) is 13.0 Å². The Labute approximate surface area is 125 Å². The minimum atomic E-state index is -0.860. The number of carbonyl (C=O) groups excluding carboxylic acids is 1. The van der Waals surface area contributed by atoms with Crippen LogP contribution in [0.1, 0.15) is 44.7 Å². The molecule has 1 aromatic carbocycles. The van der Waals surface area contributed by atoms with Gasteiger partial charge in [0.25, 0.3) is 0 Å². The third-order valence-electron chi connectivity index (χ3n) is 3.30. The molecule has 0 radical (unpaired) electrons. The van der Waals surface area contributed by atoms with Crippen molar-refractivity contribution in [3.63, 3.8) is 0 Å². The maximum absolute atomic E-state index is 11.8. The van der Waals surface area contributed by atoms with Gasteiger partial charge in [-0.1, -0.05) is 31.2 Å². The molecular weight excluding hydrogens is 268 g/mol. The van der Waals surface area contributed by atoms with Crippen LogP contribution in [0.5, 0.6) is 0 Å². The average Bonchev–Trinajstić information content (AvgIpc) is 2.43. The Morgan fingerprint density at radius 2 is 1.71 bits per heavy atom. The molecule has 5 heteroatoms. The molecule has 0 saturated heterocycles. The van der Waals surface area contributed by atoms with Crippen LogP contribution in [0.25, 0.3) is 0 Å². The third-order valence-corrected chi connectivity index (χ3v) is 3.30. The number of amides is 2. The van der Waals surface area contributed by atoms with E-state index in [2.05, 4.69) is 17.6 Å². The predicted molar refractivity (Wildman–Crippen MR) is 82.1 cm³/mol. The van der Waals surface area contributed by atoms with Gasteiger partial charge in [0, 0.05) is 18.5 Å². The van der Waals surface area contributed by atoms with Crippen LogP contribution >= 0.6 is 0 Å². The fourth-order valence-corrected chi connectivity index (χ4v) is 1.91. The van der Waals surface area contributed by atoms with Crippen LogP contribution < -0.4 is 10.6 Å². The first-order chi connectivity index (χ1) is 9.82. The molecule has 0 spiro atoms. The minimum Gasteiger partial charge on any atom is -0.481 e. The van der Waals surface area contributed by atoms with E-state index < -0.39 is 11.5 Å². The molecule has 0 aliphatic heterocycles. The van der Waals surface area contributed by atoms with Gasteiger partial charge in [-0.15, -0.1) is 0 Å². The Bertz CT molecular complexity index is 481. The zero-order valence-corrected chi connectivity index (χ0v) is 12.9. The van der Waals surface area contributed by atoms with Gasteiger partial charge in [-0.05, 0) is 37.8 Å². The highest BCUT2D eigenvalue weighted by Gasteiger charge is 2.21. The molecular formula is C16H24N2O3. The maximum atomic E-state index is 11.8. The standard InChI is InChI=1S/C16H24N2O3/c1-4-12-5-7-13(8-6-12)11-17-15(21)18-16(2,3)10-9-14(19)20/h5-8H,4,9-11H2,1-3H3,(H,19,20)(H2,17,18,21). The molecule has 0 fully saturated rings. The van der Waals surface area contributed by atoms with Crippen molar-refractivity contribution < 1.29 is 14.7 Å². The molecule has 3 N–H and O–H groups in total. The van der Waals surface area contributed by atoms with Gasteiger partial charge in [0.1, 0.15) is 0 Å². The Kier molecular flexibility index (Phi) is 6.21. The molecule has 116 valence electrons. The SMILES string of the molecule is CCc1ccc(CNC(=O)NC(C)(C)CCC(=O)O)cc1. The van der Waals surface area contributed by atoms with E-state index >= 15 is 0 Å². The van der Waals surface area contributed by atoms with Gasteiger partial charge in [0.2, 0.25) is 0 Å². The number of hydrogen-bond donors (Lipinski definition) is 3. The summed E-state index contributed by atoms with van der Waals surface area (Å²) >= 11 is 0. The number of carbonyl (C=O) groups is 2. The number of rotatable bonds is 7. The van der Waals surface area contributed by atoms with Crippen LogP contribution in [-0.2, 0) is 17.8 Å². The topological polar surface area (TPSA) is 78.4 Å². The van der Waals surface area contributed by atoms with Gasteiger partial charge < -0.3 is 15.7 Å². The van der Waals surface area contributed by atoms with Crippen LogP contribution in [0.3, 0.4) is 0 Å². The molecule has 0 aliphatic rings. The molecule has 0 unspecified atom stereocenters. The molecule has 2 amide bonds. The van der Waals surface area contributed by atoms with E-state index in [0.717, 1.165) is 12.0 Å². The van der Waals surface area contributed by atoms with E-state index in [1.807, 2.05) is 38.1 Å². The van der Waals surface area contributed by atoms with E-state index in [4.69, 9.17) is 5.11 Å². The first-order valence-corrected chi connectivity index (χ1v) is 7.18. The second-order valence-electron chi connectivity index (χ2n) is 5.76. The second-order valence-corrected chi connectivity index (χ2v) is 5.76. The largest absolute Gasteiger partial charge is 0.481 e. The summed E-state index contributed by atoms with van der Waals surface area (Å²) in [4.78, 5) is 22.4. The zero-order valence-electron chi connectivity index (χ0n) is 12.9. The normalized spacial score (nSPS) is 11.0. The Hall–Kier alpha value is -2.04. The third kappa shape index (κ3) is 6.79. The van der Waals surface area contributed by atoms with Crippen LogP contribution in [0.2, 0.25) is 0 Å². The summed E-state index contributed by atoms with van der Waals surface area (Å²) in [5.74, 6) is -0.860. The van der Waals surface area contributed by atoms with Crippen LogP contribution in [-0.4, -0.2) is 22.6 Å². The number of carboxylic acid groups (broad SMARTS) is 1. The van der Waals surface area contributed by atoms with Crippen LogP contribution in [0.4, 0.5) is 4.79 Å². The molecule has 0 atom stereocenters. The summed E-state index contributed by atoms with van der Waals surface area (Å²) in [6, 6.07) is 7.80. The van der Waals surface area contributed by atoms with E-state index in [1.54, 1.807) is 0 Å². The van der Waals surface area contributed by atoms with Crippen molar-refractivity contribution in [1.82, 2.24) is 10.6 Å². The lowest BCUT2D eigenvalue weighted by Crippen LogP contribution is -2.48. The molecule has 0 aliphatic carbocycles. The quantitative estimate of drug-likeness (QED) is 0.723. The van der Waals surface area contributed by atoms with Gasteiger partial charge in [0.15, 0.2) is 0 Å². The molecule has 0 aromatic heterocycles. The summed E-state index contributed by atoms with van der Waals surface area (Å²) in [6.45, 7) is 6.17. The summed E-state index contributed by atoms with van der Waals surface area (Å²) in [7, 11) is 0. The highest BCUT2D eigenvalue weighted by atomic mass is 16.4. The summed E-state index contributed by atoms with van der Waals surface area (Å²) in [6.07, 6.45) is 1.42. The fraction of sp³-hybridized carbons (Fsp3) is 0.500. The second kappa shape index (κ2) is 7.67. The minimum absolute atomic E-state index is 0.0335. The van der Waals surface area contributed by atoms with Gasteiger partial charge in [-0.25, -0.2) is 4.79 Å². The average molecular weight is 292 g/mol. The highest BCUT2D eigenvalue weighted by Crippen LogP contribution is 2.11. The monoisotopic (exact) mass is 292 g/mol. The van der Waals surface area contributed by atoms with Crippen molar-refractivity contribution in [2.24, 2.45) is 0 Å². The molecule has 0 heterocycles. The van der Waals surface area contributed by atoms with E-state index in [-0.39, 0.29) is 12.5 Å². The predicted octanol–water partition coefficient (Wildman–Crippen LogP) is 2.69. The van der Waals surface area contributed by atoms with Crippen molar-refractivity contribution in [2.45, 2.75) is 52.1 Å². The van der Waals surface area contributed by atoms with E-state index in [1.165, 1.54) is 5.56 Å². The Morgan fingerprint density at radius 3 is 2.24 bits per heavy atom. The van der Waals surface area contributed by atoms with Crippen LogP contribution in [0, 0.1) is 0 Å². The number of nitrogens with one attached hydrogen (secondary N) is 2. The highest BCUT2D eigenvalue weighted by molar-refractivity contribution is 5.75. The lowest BCUT2D eigenvalue weighted by molar-refractivity contribution is -0.137. The summed E-state index contributed by atoms with van der Waals surface area (Å²) < 4.78 is 0. The van der Waals surface area contributed by atoms with Gasteiger partial charge in [0.05, 0.1) is 0 Å². The maximum Gasteiger partial charge on any atom is 0.315 e. The zero-order chi connectivity index (χ0) is 15.9. The number of hydrogen-bond acceptors (Lipinski definition) is 2. The van der Waals surface area contributed by atoms with Crippen molar-refractivity contribution in [1.29, 1.82) is 0 Å². The molecule has 5 nitrogen and oxygen atoms in total. The van der Waals surface area contributed by atoms with Gasteiger partial charge in [-0.3, -0.25) is 4.79 Å². The number of carboxylic acids is 1. The molecule has 1 rings (SSSR count). The lowest BCUT2D eigenvalue weighted by atomic mass is 9.99. The molecule has 0 saturated carbocycles. The number of aliphatic carboxylic acids is 1. The lowest BCUT2D eigenvalue weighted by Gasteiger charge is -2.25. The number of benzene rings is 1. The van der Waals surface area contributed by atoms with Gasteiger partial charge in [-0.2, -0.15) is 0 Å². The van der Waals surface area contributed by atoms with Gasteiger partial charge >= 0.3 is 12.0 Å². The Balaban J connectivity index is 2.40. The van der Waals surface area contributed by atoms with Crippen molar-refractivity contribution in [3.05, 3.63) is 35.4 Å². The number of urea groups is 1. The Morgan fingerprint density at radius 1 is 1.14 bits per heavy atom.